The molecule has 0 saturated heterocycles. The van der Waals surface area contributed by atoms with Gasteiger partial charge in [0.2, 0.25) is 0 Å². The first-order chi connectivity index (χ1) is 11.5. The van der Waals surface area contributed by atoms with Crippen LogP contribution in [0.3, 0.4) is 0 Å². The molecule has 1 aromatic rings. The zero-order chi connectivity index (χ0) is 18.1. The maximum Gasteiger partial charge on any atom is 1.00 e. The molecule has 0 amide bonds. The van der Waals surface area contributed by atoms with Crippen LogP contribution in [0.15, 0.2) is 35.2 Å². The molecule has 0 aliphatic heterocycles. The van der Waals surface area contributed by atoms with Crippen LogP contribution in [0.25, 0.3) is 0 Å². The first-order valence-corrected chi connectivity index (χ1v) is 10.8. The topological polar surface area (TPSA) is 54.4 Å². The quantitative estimate of drug-likeness (QED) is 0.262. The van der Waals surface area contributed by atoms with Gasteiger partial charge in [-0.25, -0.2) is 0 Å². The van der Waals surface area contributed by atoms with Crippen LogP contribution in [-0.4, -0.2) is 13.0 Å². The molecule has 0 bridgehead atoms. The van der Waals surface area contributed by atoms with Gasteiger partial charge in [-0.05, 0) is 12.1 Å². The second kappa shape index (κ2) is 18.9. The Hall–Kier alpha value is 0.130. The zero-order valence-electron chi connectivity index (χ0n) is 16.3. The van der Waals surface area contributed by atoms with Crippen LogP contribution in [0.1, 0.15) is 84.0 Å². The van der Waals surface area contributed by atoms with Crippen LogP contribution in [0, 0.1) is 6.92 Å². The third-order valence-electron chi connectivity index (χ3n) is 3.89. The number of hydrogen-bond acceptors (Lipinski definition) is 2. The van der Waals surface area contributed by atoms with E-state index in [4.69, 9.17) is 4.55 Å². The summed E-state index contributed by atoms with van der Waals surface area (Å²) in [4.78, 5) is -0.0741. The molecule has 0 heterocycles. The Morgan fingerprint density at radius 1 is 0.800 bits per heavy atom. The summed E-state index contributed by atoms with van der Waals surface area (Å²) in [5.74, 6) is 0. The Balaban J connectivity index is 0. The molecule has 0 radical (unpaired) electrons. The van der Waals surface area contributed by atoms with E-state index in [9.17, 15) is 8.42 Å². The number of hydrogen-bond donors (Lipinski definition) is 1. The summed E-state index contributed by atoms with van der Waals surface area (Å²) < 4.78 is 29.2. The summed E-state index contributed by atoms with van der Waals surface area (Å²) in [6.07, 6.45) is 16.9. The normalized spacial score (nSPS) is 10.5. The van der Waals surface area contributed by atoms with E-state index in [0.717, 1.165) is 6.42 Å². The molecular formula is C20H35NaO3S. The van der Waals surface area contributed by atoms with E-state index >= 15 is 0 Å². The Morgan fingerprint density at radius 2 is 1.20 bits per heavy atom. The molecule has 0 saturated carbocycles. The Kier molecular flexibility index (Phi) is 20.7. The Labute approximate surface area is 178 Å². The summed E-state index contributed by atoms with van der Waals surface area (Å²) in [5, 5.41) is 0. The van der Waals surface area contributed by atoms with E-state index in [1.165, 1.54) is 82.8 Å². The molecule has 1 rings (SSSR count). The van der Waals surface area contributed by atoms with Crippen molar-refractivity contribution in [3.8, 4) is 0 Å². The minimum atomic E-state index is -4.00. The van der Waals surface area contributed by atoms with Crippen LogP contribution in [0.4, 0.5) is 0 Å². The van der Waals surface area contributed by atoms with Crippen LogP contribution in [0.5, 0.6) is 0 Å². The van der Waals surface area contributed by atoms with Gasteiger partial charge >= 0.3 is 29.6 Å². The third-order valence-corrected chi connectivity index (χ3v) is 4.76. The van der Waals surface area contributed by atoms with Gasteiger partial charge in [0.05, 0.1) is 4.90 Å². The molecule has 1 N–H and O–H groups in total. The number of benzene rings is 1. The maximum atomic E-state index is 10.4. The standard InChI is InChI=1S/C14H29.C6H6O3S.Na/c1-3-5-7-9-11-13-14-12-10-8-6-4-2;7-10(8,9)6-4-2-1-3-5-6;/h1,3-14H2,2H3;1-5H,(H,7,8,9);/q-1;;+1. The average molecular weight is 379 g/mol. The van der Waals surface area contributed by atoms with Crippen LogP contribution < -0.4 is 29.6 Å². The minimum Gasteiger partial charge on any atom is -0.343 e. The smallest absolute Gasteiger partial charge is 0.343 e. The Morgan fingerprint density at radius 3 is 1.52 bits per heavy atom. The molecule has 0 atom stereocenters. The molecule has 3 nitrogen and oxygen atoms in total. The van der Waals surface area contributed by atoms with Crippen molar-refractivity contribution in [2.24, 2.45) is 0 Å². The van der Waals surface area contributed by atoms with Crippen molar-refractivity contribution in [3.05, 3.63) is 37.3 Å². The predicted molar refractivity (Wildman–Crippen MR) is 103 cm³/mol. The van der Waals surface area contributed by atoms with Gasteiger partial charge in [-0.2, -0.15) is 14.8 Å². The van der Waals surface area contributed by atoms with Gasteiger partial charge in [-0.1, -0.05) is 95.8 Å². The van der Waals surface area contributed by atoms with E-state index in [1.54, 1.807) is 18.2 Å². The second-order valence-corrected chi connectivity index (χ2v) is 7.60. The summed E-state index contributed by atoms with van der Waals surface area (Å²) in [6.45, 7) is 6.14. The van der Waals surface area contributed by atoms with E-state index in [-0.39, 0.29) is 34.5 Å². The van der Waals surface area contributed by atoms with Crippen LogP contribution in [0.2, 0.25) is 0 Å². The third kappa shape index (κ3) is 18.7. The largest absolute Gasteiger partial charge is 1.00 e. The van der Waals surface area contributed by atoms with Crippen molar-refractivity contribution in [1.29, 1.82) is 0 Å². The van der Waals surface area contributed by atoms with Crippen LogP contribution >= 0.6 is 0 Å². The van der Waals surface area contributed by atoms with Crippen molar-refractivity contribution in [2.45, 2.75) is 88.9 Å². The summed E-state index contributed by atoms with van der Waals surface area (Å²) in [6, 6.07) is 7.42. The van der Waals surface area contributed by atoms with E-state index in [1.807, 2.05) is 0 Å². The summed E-state index contributed by atoms with van der Waals surface area (Å²) in [7, 11) is -4.00. The molecular weight excluding hydrogens is 343 g/mol. The van der Waals surface area contributed by atoms with Crippen molar-refractivity contribution in [1.82, 2.24) is 0 Å². The van der Waals surface area contributed by atoms with E-state index in [2.05, 4.69) is 13.8 Å². The molecule has 140 valence electrons. The zero-order valence-corrected chi connectivity index (χ0v) is 19.1. The molecule has 25 heavy (non-hydrogen) atoms. The minimum absolute atomic E-state index is 0. The summed E-state index contributed by atoms with van der Waals surface area (Å²) >= 11 is 0. The predicted octanol–water partition coefficient (Wildman–Crippen LogP) is 3.46. The summed E-state index contributed by atoms with van der Waals surface area (Å²) in [5.41, 5.74) is 0. The number of rotatable bonds is 12. The van der Waals surface area contributed by atoms with Crippen LogP contribution in [-0.2, 0) is 10.1 Å². The molecule has 1 aromatic carbocycles. The first-order valence-electron chi connectivity index (χ1n) is 9.34. The van der Waals surface area contributed by atoms with E-state index in [0.29, 0.717) is 0 Å². The van der Waals surface area contributed by atoms with Gasteiger partial charge in [-0.15, -0.1) is 0 Å². The average Bonchev–Trinajstić information content (AvgIpc) is 2.57. The fourth-order valence-corrected chi connectivity index (χ4v) is 2.93. The van der Waals surface area contributed by atoms with Gasteiger partial charge in [-0.3, -0.25) is 4.55 Å². The van der Waals surface area contributed by atoms with Gasteiger partial charge in [0.15, 0.2) is 0 Å². The second-order valence-electron chi connectivity index (χ2n) is 6.18. The molecule has 0 aliphatic carbocycles. The molecule has 0 fully saturated rings. The fraction of sp³-hybridized carbons (Fsp3) is 0.650. The molecule has 5 heteroatoms. The van der Waals surface area contributed by atoms with E-state index < -0.39 is 10.1 Å². The molecule has 0 aliphatic rings. The maximum absolute atomic E-state index is 10.4. The monoisotopic (exact) mass is 378 g/mol. The van der Waals surface area contributed by atoms with Gasteiger partial charge in [0.25, 0.3) is 10.1 Å². The van der Waals surface area contributed by atoms with Gasteiger partial charge in [0, 0.05) is 0 Å². The Bertz CT molecular complexity index is 463. The van der Waals surface area contributed by atoms with Gasteiger partial charge < -0.3 is 6.92 Å². The number of unbranched alkanes of at least 4 members (excludes halogenated alkanes) is 11. The fourth-order valence-electron chi connectivity index (χ4n) is 2.43. The van der Waals surface area contributed by atoms with Crippen molar-refractivity contribution in [3.63, 3.8) is 0 Å². The first kappa shape index (κ1) is 27.3. The van der Waals surface area contributed by atoms with Crippen molar-refractivity contribution < 1.29 is 42.5 Å². The SMILES string of the molecule is O=S(=O)(O)c1ccccc1.[CH2-]CCCCCCCCCCCCC.[Na+]. The van der Waals surface area contributed by atoms with Crippen molar-refractivity contribution >= 4 is 10.1 Å². The van der Waals surface area contributed by atoms with Gasteiger partial charge in [0.1, 0.15) is 0 Å². The molecule has 0 unspecified atom stereocenters. The molecule has 0 aromatic heterocycles. The van der Waals surface area contributed by atoms with Crippen molar-refractivity contribution in [2.75, 3.05) is 0 Å². The molecule has 0 spiro atoms.